The molecule has 1 saturated heterocycles. The molecule has 1 aromatic carbocycles. The maximum absolute atomic E-state index is 13.2. The van der Waals surface area contributed by atoms with Crippen molar-refractivity contribution in [1.82, 2.24) is 15.1 Å². The third kappa shape index (κ3) is 3.89. The van der Waals surface area contributed by atoms with Gasteiger partial charge in [0.25, 0.3) is 5.91 Å². The molecule has 2 aliphatic rings. The van der Waals surface area contributed by atoms with E-state index in [0.717, 1.165) is 65.7 Å². The molecule has 0 radical (unpaired) electrons. The summed E-state index contributed by atoms with van der Waals surface area (Å²) in [6, 6.07) is 7.39. The number of fused-ring (bicyclic) bond motifs is 1. The van der Waals surface area contributed by atoms with E-state index in [0.29, 0.717) is 13.0 Å². The maximum Gasteiger partial charge on any atom is 0.325 e. The van der Waals surface area contributed by atoms with Crippen LogP contribution >= 0.6 is 0 Å². The molecule has 2 fully saturated rings. The van der Waals surface area contributed by atoms with Crippen LogP contribution in [-0.4, -0.2) is 46.8 Å². The van der Waals surface area contributed by atoms with E-state index < -0.39 is 11.6 Å². The van der Waals surface area contributed by atoms with Crippen LogP contribution in [0.15, 0.2) is 28.7 Å². The lowest BCUT2D eigenvalue weighted by molar-refractivity contribution is -0.140. The number of furan rings is 1. The second-order valence-electron chi connectivity index (χ2n) is 9.29. The highest BCUT2D eigenvalue weighted by atomic mass is 16.3. The number of likely N-dealkylation sites (N-methyl/N-ethyl adjacent to an activating group) is 1. The number of rotatable bonds is 7. The molecule has 32 heavy (non-hydrogen) atoms. The predicted octanol–water partition coefficient (Wildman–Crippen LogP) is 4.23. The van der Waals surface area contributed by atoms with E-state index in [1.807, 2.05) is 31.2 Å². The van der Waals surface area contributed by atoms with Crippen molar-refractivity contribution < 1.29 is 18.8 Å². The third-order valence-electron chi connectivity index (χ3n) is 7.16. The van der Waals surface area contributed by atoms with Crippen molar-refractivity contribution in [3.05, 3.63) is 35.6 Å². The number of hydrogen-bond acceptors (Lipinski definition) is 4. The minimum atomic E-state index is -0.845. The SMILES string of the molecule is CCCCc1oc2ccccc2c1CN(C)C(=O)CN1C(=O)N[C@]2(CCCC[C@@H]2C)C1=O. The highest BCUT2D eigenvalue weighted by Gasteiger charge is 2.55. The molecule has 7 heteroatoms. The first-order valence-corrected chi connectivity index (χ1v) is 11.7. The predicted molar refractivity (Wildman–Crippen MR) is 122 cm³/mol. The Labute approximate surface area is 189 Å². The van der Waals surface area contributed by atoms with E-state index in [9.17, 15) is 14.4 Å². The average Bonchev–Trinajstić information content (AvgIpc) is 3.24. The first-order valence-electron chi connectivity index (χ1n) is 11.7. The fourth-order valence-corrected chi connectivity index (χ4v) is 5.08. The molecule has 172 valence electrons. The van der Waals surface area contributed by atoms with Gasteiger partial charge in [0.1, 0.15) is 23.4 Å². The monoisotopic (exact) mass is 439 g/mol. The Morgan fingerprint density at radius 2 is 2.06 bits per heavy atom. The Hall–Kier alpha value is -2.83. The lowest BCUT2D eigenvalue weighted by Gasteiger charge is -2.36. The van der Waals surface area contributed by atoms with Gasteiger partial charge in [0, 0.05) is 31.0 Å². The summed E-state index contributed by atoms with van der Waals surface area (Å²) in [5.74, 6) is 0.455. The average molecular weight is 440 g/mol. The molecule has 4 amide bonds. The molecule has 1 saturated carbocycles. The van der Waals surface area contributed by atoms with Crippen molar-refractivity contribution in [2.45, 2.75) is 70.9 Å². The van der Waals surface area contributed by atoms with Crippen molar-refractivity contribution in [3.8, 4) is 0 Å². The summed E-state index contributed by atoms with van der Waals surface area (Å²) in [7, 11) is 1.71. The summed E-state index contributed by atoms with van der Waals surface area (Å²) >= 11 is 0. The highest BCUT2D eigenvalue weighted by Crippen LogP contribution is 2.38. The van der Waals surface area contributed by atoms with Crippen molar-refractivity contribution in [1.29, 1.82) is 0 Å². The Morgan fingerprint density at radius 1 is 1.28 bits per heavy atom. The fraction of sp³-hybridized carbons (Fsp3) is 0.560. The van der Waals surface area contributed by atoms with Gasteiger partial charge in [0.05, 0.1) is 0 Å². The van der Waals surface area contributed by atoms with Crippen LogP contribution in [0.4, 0.5) is 4.79 Å². The lowest BCUT2D eigenvalue weighted by atomic mass is 9.73. The topological polar surface area (TPSA) is 82.9 Å². The fourth-order valence-electron chi connectivity index (χ4n) is 5.08. The second-order valence-corrected chi connectivity index (χ2v) is 9.29. The zero-order valence-electron chi connectivity index (χ0n) is 19.3. The van der Waals surface area contributed by atoms with E-state index >= 15 is 0 Å². The molecule has 0 bridgehead atoms. The van der Waals surface area contributed by atoms with Crippen LogP contribution in [0.2, 0.25) is 0 Å². The minimum Gasteiger partial charge on any atom is -0.461 e. The van der Waals surface area contributed by atoms with Gasteiger partial charge in [0.15, 0.2) is 0 Å². The van der Waals surface area contributed by atoms with Crippen LogP contribution in [0.5, 0.6) is 0 Å². The Kier molecular flexibility index (Phi) is 6.26. The van der Waals surface area contributed by atoms with E-state index in [1.54, 1.807) is 11.9 Å². The number of para-hydroxylation sites is 1. The molecule has 4 rings (SSSR count). The highest BCUT2D eigenvalue weighted by molar-refractivity contribution is 6.09. The number of carbonyl (C=O) groups is 3. The van der Waals surface area contributed by atoms with Crippen LogP contribution in [0, 0.1) is 5.92 Å². The summed E-state index contributed by atoms with van der Waals surface area (Å²) < 4.78 is 6.07. The third-order valence-corrected chi connectivity index (χ3v) is 7.16. The van der Waals surface area contributed by atoms with Gasteiger partial charge in [-0.25, -0.2) is 4.79 Å². The van der Waals surface area contributed by atoms with Gasteiger partial charge in [-0.15, -0.1) is 0 Å². The minimum absolute atomic E-state index is 0.0731. The number of amides is 4. The number of benzene rings is 1. The first-order chi connectivity index (χ1) is 15.4. The summed E-state index contributed by atoms with van der Waals surface area (Å²) in [6.45, 7) is 4.28. The van der Waals surface area contributed by atoms with Crippen LogP contribution < -0.4 is 5.32 Å². The molecule has 7 nitrogen and oxygen atoms in total. The number of hydrogen-bond donors (Lipinski definition) is 1. The van der Waals surface area contributed by atoms with Gasteiger partial charge in [-0.05, 0) is 31.2 Å². The van der Waals surface area contributed by atoms with Crippen LogP contribution in [0.3, 0.4) is 0 Å². The van der Waals surface area contributed by atoms with Gasteiger partial charge < -0.3 is 14.6 Å². The summed E-state index contributed by atoms with van der Waals surface area (Å²) in [4.78, 5) is 41.6. The van der Waals surface area contributed by atoms with E-state index in [4.69, 9.17) is 4.42 Å². The van der Waals surface area contributed by atoms with Gasteiger partial charge in [0.2, 0.25) is 5.91 Å². The standard InChI is InChI=1S/C25H33N3O4/c1-4-5-12-21-19(18-11-6-7-13-20(18)32-21)15-27(3)22(29)16-28-23(30)25(26-24(28)31)14-9-8-10-17(25)2/h6-7,11,13,17H,4-5,8-10,12,14-16H2,1-3H3,(H,26,31)/t17-,25-/m0/s1. The number of aryl methyl sites for hydroxylation is 1. The quantitative estimate of drug-likeness (QED) is 0.655. The number of carbonyl (C=O) groups excluding carboxylic acids is 3. The van der Waals surface area contributed by atoms with Gasteiger partial charge in [-0.3, -0.25) is 14.5 Å². The molecule has 2 aromatic rings. The van der Waals surface area contributed by atoms with Crippen molar-refractivity contribution >= 4 is 28.8 Å². The van der Waals surface area contributed by atoms with Crippen LogP contribution in [0.25, 0.3) is 11.0 Å². The first kappa shape index (κ1) is 22.4. The number of imide groups is 1. The van der Waals surface area contributed by atoms with Gasteiger partial charge in [-0.1, -0.05) is 51.3 Å². The van der Waals surface area contributed by atoms with Gasteiger partial charge >= 0.3 is 6.03 Å². The molecule has 1 spiro atoms. The summed E-state index contributed by atoms with van der Waals surface area (Å²) in [5, 5.41) is 3.92. The smallest absolute Gasteiger partial charge is 0.325 e. The molecule has 2 atom stereocenters. The molecular formula is C25H33N3O4. The molecule has 1 N–H and O–H groups in total. The number of unbranched alkanes of at least 4 members (excludes halogenated alkanes) is 1. The zero-order valence-corrected chi connectivity index (χ0v) is 19.3. The molecular weight excluding hydrogens is 406 g/mol. The Bertz CT molecular complexity index is 1030. The summed E-state index contributed by atoms with van der Waals surface area (Å²) in [5.41, 5.74) is 0.971. The van der Waals surface area contributed by atoms with E-state index in [2.05, 4.69) is 12.2 Å². The molecule has 2 heterocycles. The molecule has 1 aromatic heterocycles. The molecule has 0 unspecified atom stereocenters. The Balaban J connectivity index is 1.49. The molecule has 1 aliphatic carbocycles. The largest absolute Gasteiger partial charge is 0.461 e. The maximum atomic E-state index is 13.2. The number of urea groups is 1. The lowest BCUT2D eigenvalue weighted by Crippen LogP contribution is -2.54. The summed E-state index contributed by atoms with van der Waals surface area (Å²) in [6.07, 6.45) is 6.39. The zero-order chi connectivity index (χ0) is 22.9. The second kappa shape index (κ2) is 8.96. The van der Waals surface area contributed by atoms with Crippen LogP contribution in [-0.2, 0) is 22.6 Å². The number of nitrogens with one attached hydrogen (secondary N) is 1. The molecule has 1 aliphatic heterocycles. The van der Waals surface area contributed by atoms with Crippen LogP contribution in [0.1, 0.15) is 63.7 Å². The van der Waals surface area contributed by atoms with E-state index in [-0.39, 0.29) is 24.3 Å². The van der Waals surface area contributed by atoms with Crippen molar-refractivity contribution in [3.63, 3.8) is 0 Å². The normalized spacial score (nSPS) is 23.2. The Morgan fingerprint density at radius 3 is 2.81 bits per heavy atom. The number of nitrogens with zero attached hydrogens (tertiary/aromatic N) is 2. The van der Waals surface area contributed by atoms with Crippen molar-refractivity contribution in [2.75, 3.05) is 13.6 Å². The van der Waals surface area contributed by atoms with Crippen molar-refractivity contribution in [2.24, 2.45) is 5.92 Å². The van der Waals surface area contributed by atoms with E-state index in [1.165, 1.54) is 0 Å². The van der Waals surface area contributed by atoms with Gasteiger partial charge in [-0.2, -0.15) is 0 Å².